The summed E-state index contributed by atoms with van der Waals surface area (Å²) in [7, 11) is 1.84. The Hall–Kier alpha value is -2.30. The minimum Gasteiger partial charge on any atom is -0.397 e. The molecule has 1 amide bonds. The molecule has 0 aliphatic carbocycles. The molecule has 1 saturated heterocycles. The molecule has 0 unspecified atom stereocenters. The van der Waals surface area contributed by atoms with Crippen LogP contribution >= 0.6 is 0 Å². The van der Waals surface area contributed by atoms with Gasteiger partial charge in [-0.1, -0.05) is 0 Å². The maximum atomic E-state index is 11.8. The van der Waals surface area contributed by atoms with Crippen molar-refractivity contribution in [1.82, 2.24) is 9.88 Å². The van der Waals surface area contributed by atoms with Crippen LogP contribution < -0.4 is 10.6 Å². The molecule has 0 atom stereocenters. The van der Waals surface area contributed by atoms with Crippen molar-refractivity contribution in [3.8, 4) is 0 Å². The van der Waals surface area contributed by atoms with Gasteiger partial charge in [-0.05, 0) is 24.3 Å². The van der Waals surface area contributed by atoms with Crippen LogP contribution in [0.15, 0.2) is 30.5 Å². The first-order valence-electron chi connectivity index (χ1n) is 6.29. The number of aromatic nitrogens is 1. The number of hydrogen-bond acceptors (Lipinski definition) is 4. The molecule has 98 valence electrons. The molecular formula is C14H16N4O. The predicted octanol–water partition coefficient (Wildman–Crippen LogP) is 1.10. The molecule has 1 aromatic heterocycles. The van der Waals surface area contributed by atoms with E-state index < -0.39 is 0 Å². The van der Waals surface area contributed by atoms with Crippen molar-refractivity contribution in [2.75, 3.05) is 37.3 Å². The van der Waals surface area contributed by atoms with Crippen LogP contribution in [0.4, 0.5) is 11.4 Å². The van der Waals surface area contributed by atoms with Gasteiger partial charge in [0.05, 0.1) is 17.7 Å². The van der Waals surface area contributed by atoms with Gasteiger partial charge >= 0.3 is 0 Å². The molecule has 3 rings (SSSR count). The average Bonchev–Trinajstić information content (AvgIpc) is 2.43. The van der Waals surface area contributed by atoms with Gasteiger partial charge in [-0.25, -0.2) is 0 Å². The second-order valence-electron chi connectivity index (χ2n) is 4.81. The Balaban J connectivity index is 2.06. The smallest absolute Gasteiger partial charge is 0.241 e. The van der Waals surface area contributed by atoms with Crippen LogP contribution in [0.2, 0.25) is 0 Å². The van der Waals surface area contributed by atoms with E-state index in [0.29, 0.717) is 12.2 Å². The van der Waals surface area contributed by atoms with Gasteiger partial charge in [-0.3, -0.25) is 9.78 Å². The van der Waals surface area contributed by atoms with Crippen molar-refractivity contribution in [2.24, 2.45) is 0 Å². The van der Waals surface area contributed by atoms with Crippen LogP contribution in [0.1, 0.15) is 0 Å². The monoisotopic (exact) mass is 256 g/mol. The Morgan fingerprint density at radius 3 is 2.89 bits per heavy atom. The van der Waals surface area contributed by atoms with E-state index in [4.69, 9.17) is 5.73 Å². The molecule has 0 saturated carbocycles. The summed E-state index contributed by atoms with van der Waals surface area (Å²) in [6.45, 7) is 1.98. The Kier molecular flexibility index (Phi) is 2.74. The highest BCUT2D eigenvalue weighted by Gasteiger charge is 2.22. The first kappa shape index (κ1) is 11.8. The second kappa shape index (κ2) is 4.42. The summed E-state index contributed by atoms with van der Waals surface area (Å²) in [6, 6.07) is 7.71. The molecule has 19 heavy (non-hydrogen) atoms. The largest absolute Gasteiger partial charge is 0.397 e. The van der Waals surface area contributed by atoms with Crippen LogP contribution in [-0.4, -0.2) is 42.5 Å². The van der Waals surface area contributed by atoms with Crippen LogP contribution in [0.5, 0.6) is 0 Å². The third kappa shape index (κ3) is 1.97. The summed E-state index contributed by atoms with van der Waals surface area (Å²) in [5.41, 5.74) is 8.44. The molecule has 0 radical (unpaired) electrons. The summed E-state index contributed by atoms with van der Waals surface area (Å²) in [5.74, 6) is 0.139. The van der Waals surface area contributed by atoms with Crippen molar-refractivity contribution in [3.63, 3.8) is 0 Å². The van der Waals surface area contributed by atoms with E-state index >= 15 is 0 Å². The molecule has 2 aromatic rings. The van der Waals surface area contributed by atoms with E-state index in [2.05, 4.69) is 9.88 Å². The van der Waals surface area contributed by atoms with Crippen molar-refractivity contribution >= 4 is 28.2 Å². The fraction of sp³-hybridized carbons (Fsp3) is 0.286. The number of nitrogen functional groups attached to an aromatic ring is 1. The zero-order chi connectivity index (χ0) is 13.4. The average molecular weight is 256 g/mol. The van der Waals surface area contributed by atoms with Gasteiger partial charge in [0, 0.05) is 37.4 Å². The zero-order valence-corrected chi connectivity index (χ0v) is 10.8. The number of piperazine rings is 1. The number of likely N-dealkylation sites (N-methyl/N-ethyl adjacent to an activating group) is 1. The number of fused-ring (bicyclic) bond motifs is 1. The summed E-state index contributed by atoms with van der Waals surface area (Å²) >= 11 is 0. The van der Waals surface area contributed by atoms with Crippen molar-refractivity contribution < 1.29 is 4.79 Å². The van der Waals surface area contributed by atoms with Gasteiger partial charge in [0.25, 0.3) is 0 Å². The fourth-order valence-corrected chi connectivity index (χ4v) is 2.42. The Morgan fingerprint density at radius 2 is 2.11 bits per heavy atom. The summed E-state index contributed by atoms with van der Waals surface area (Å²) in [5, 5.41) is 1.000. The summed E-state index contributed by atoms with van der Waals surface area (Å²) in [4.78, 5) is 20.0. The lowest BCUT2D eigenvalue weighted by Gasteiger charge is -2.34. The molecule has 1 aromatic carbocycles. The van der Waals surface area contributed by atoms with E-state index in [-0.39, 0.29) is 5.91 Å². The topological polar surface area (TPSA) is 62.5 Å². The third-order valence-electron chi connectivity index (χ3n) is 3.58. The highest BCUT2D eigenvalue weighted by atomic mass is 16.2. The van der Waals surface area contributed by atoms with Crippen molar-refractivity contribution in [1.29, 1.82) is 0 Å². The first-order valence-corrected chi connectivity index (χ1v) is 6.29. The number of anilines is 2. The third-order valence-corrected chi connectivity index (χ3v) is 3.58. The lowest BCUT2D eigenvalue weighted by atomic mass is 10.1. The molecule has 1 fully saturated rings. The number of carbonyl (C=O) groups excluding carboxylic acids is 1. The number of hydrogen-bond donors (Lipinski definition) is 1. The second-order valence-corrected chi connectivity index (χ2v) is 4.81. The van der Waals surface area contributed by atoms with Gasteiger partial charge in [-0.2, -0.15) is 0 Å². The van der Waals surface area contributed by atoms with E-state index in [1.165, 1.54) is 0 Å². The molecule has 2 N–H and O–H groups in total. The van der Waals surface area contributed by atoms with E-state index in [9.17, 15) is 4.79 Å². The van der Waals surface area contributed by atoms with Crippen molar-refractivity contribution in [2.45, 2.75) is 0 Å². The number of pyridine rings is 1. The normalized spacial score (nSPS) is 16.2. The Bertz CT molecular complexity index is 640. The molecular weight excluding hydrogens is 240 g/mol. The number of benzene rings is 1. The maximum Gasteiger partial charge on any atom is 0.241 e. The molecule has 2 heterocycles. The minimum absolute atomic E-state index is 0.139. The fourth-order valence-electron chi connectivity index (χ4n) is 2.42. The van der Waals surface area contributed by atoms with Gasteiger partial charge in [0.2, 0.25) is 5.91 Å². The van der Waals surface area contributed by atoms with Gasteiger partial charge in [0.1, 0.15) is 0 Å². The number of nitrogens with zero attached hydrogens (tertiary/aromatic N) is 3. The molecule has 0 spiro atoms. The van der Waals surface area contributed by atoms with Crippen LogP contribution in [0, 0.1) is 0 Å². The zero-order valence-electron chi connectivity index (χ0n) is 10.8. The SMILES string of the molecule is CN1CCN(c2ccc(N)c3ncccc23)CC1=O. The lowest BCUT2D eigenvalue weighted by Crippen LogP contribution is -2.48. The molecule has 1 aliphatic rings. The lowest BCUT2D eigenvalue weighted by molar-refractivity contribution is -0.129. The summed E-state index contributed by atoms with van der Waals surface area (Å²) < 4.78 is 0. The number of amides is 1. The van der Waals surface area contributed by atoms with Crippen molar-refractivity contribution in [3.05, 3.63) is 30.5 Å². The van der Waals surface area contributed by atoms with Crippen LogP contribution in [-0.2, 0) is 4.79 Å². The van der Waals surface area contributed by atoms with Gasteiger partial charge in [0.15, 0.2) is 0 Å². The Labute approximate surface area is 111 Å². The number of nitrogens with two attached hydrogens (primary N) is 1. The maximum absolute atomic E-state index is 11.8. The van der Waals surface area contributed by atoms with Crippen LogP contribution in [0.3, 0.4) is 0 Å². The van der Waals surface area contributed by atoms with E-state index in [1.807, 2.05) is 31.3 Å². The summed E-state index contributed by atoms with van der Waals surface area (Å²) in [6.07, 6.45) is 1.73. The highest BCUT2D eigenvalue weighted by molar-refractivity contribution is 5.99. The first-order chi connectivity index (χ1) is 9.16. The molecule has 1 aliphatic heterocycles. The molecule has 5 nitrogen and oxygen atoms in total. The number of rotatable bonds is 1. The van der Waals surface area contributed by atoms with Crippen LogP contribution in [0.25, 0.3) is 10.9 Å². The van der Waals surface area contributed by atoms with Gasteiger partial charge < -0.3 is 15.5 Å². The highest BCUT2D eigenvalue weighted by Crippen LogP contribution is 2.29. The molecule has 0 bridgehead atoms. The predicted molar refractivity (Wildman–Crippen MR) is 76.0 cm³/mol. The molecule has 5 heteroatoms. The Morgan fingerprint density at radius 1 is 1.26 bits per heavy atom. The van der Waals surface area contributed by atoms with E-state index in [0.717, 1.165) is 29.7 Å². The van der Waals surface area contributed by atoms with E-state index in [1.54, 1.807) is 11.1 Å². The quantitative estimate of drug-likeness (QED) is 0.776. The minimum atomic E-state index is 0.139. The standard InChI is InChI=1S/C14H16N4O/c1-17-7-8-18(9-13(17)19)12-5-4-11(15)14-10(12)3-2-6-16-14/h2-6H,7-9,15H2,1H3. The number of carbonyl (C=O) groups is 1. The van der Waals surface area contributed by atoms with Gasteiger partial charge in [-0.15, -0.1) is 0 Å².